The molecule has 0 spiro atoms. The molecule has 1 heterocycles. The lowest BCUT2D eigenvalue weighted by Crippen LogP contribution is -2.11. The number of hydrogen-bond donors (Lipinski definition) is 1. The van der Waals surface area contributed by atoms with E-state index in [0.717, 1.165) is 10.1 Å². The Morgan fingerprint density at radius 1 is 1.08 bits per heavy atom. The molecule has 0 fully saturated rings. The van der Waals surface area contributed by atoms with E-state index in [0.29, 0.717) is 26.9 Å². The van der Waals surface area contributed by atoms with E-state index >= 15 is 0 Å². The number of nitrogens with one attached hydrogen (secondary N) is 1. The van der Waals surface area contributed by atoms with Crippen LogP contribution in [0.1, 0.15) is 20.0 Å². The summed E-state index contributed by atoms with van der Waals surface area (Å²) in [5, 5.41) is 3.99. The molecule has 5 nitrogen and oxygen atoms in total. The van der Waals surface area contributed by atoms with Crippen LogP contribution in [-0.4, -0.2) is 26.1 Å². The number of halogens is 1. The Kier molecular flexibility index (Phi) is 4.92. The number of ether oxygens (including phenoxy) is 2. The van der Waals surface area contributed by atoms with Crippen LogP contribution in [0, 0.1) is 0 Å². The lowest BCUT2D eigenvalue weighted by Gasteiger charge is -2.05. The van der Waals surface area contributed by atoms with Crippen LogP contribution in [-0.2, 0) is 4.74 Å². The van der Waals surface area contributed by atoms with E-state index in [1.807, 2.05) is 12.1 Å². The summed E-state index contributed by atoms with van der Waals surface area (Å²) in [5.41, 5.74) is 0.969. The molecule has 0 saturated heterocycles. The van der Waals surface area contributed by atoms with Gasteiger partial charge >= 0.3 is 5.97 Å². The van der Waals surface area contributed by atoms with Crippen molar-refractivity contribution in [1.82, 2.24) is 0 Å². The smallest absolute Gasteiger partial charge is 0.337 e. The molecule has 0 aliphatic rings. The Labute approximate surface area is 153 Å². The maximum atomic E-state index is 12.5. The maximum Gasteiger partial charge on any atom is 0.337 e. The zero-order valence-corrected chi connectivity index (χ0v) is 15.0. The van der Waals surface area contributed by atoms with Gasteiger partial charge in [0, 0.05) is 15.8 Å². The summed E-state index contributed by atoms with van der Waals surface area (Å²) in [4.78, 5) is 24.4. The first-order chi connectivity index (χ1) is 12.0. The highest BCUT2D eigenvalue weighted by atomic mass is 35.5. The second-order valence-corrected chi connectivity index (χ2v) is 6.56. The van der Waals surface area contributed by atoms with Crippen molar-refractivity contribution in [2.75, 3.05) is 19.5 Å². The van der Waals surface area contributed by atoms with Gasteiger partial charge in [0.25, 0.3) is 5.91 Å². The third-order valence-corrected chi connectivity index (χ3v) is 5.26. The number of thiophene rings is 1. The highest BCUT2D eigenvalue weighted by Crippen LogP contribution is 2.37. The highest BCUT2D eigenvalue weighted by Gasteiger charge is 2.18. The molecule has 128 valence electrons. The third kappa shape index (κ3) is 3.45. The summed E-state index contributed by atoms with van der Waals surface area (Å²) >= 11 is 7.64. The first kappa shape index (κ1) is 17.3. The predicted molar refractivity (Wildman–Crippen MR) is 99.1 cm³/mol. The monoisotopic (exact) mass is 375 g/mol. The average Bonchev–Trinajstić information content (AvgIpc) is 2.97. The van der Waals surface area contributed by atoms with Crippen molar-refractivity contribution < 1.29 is 19.1 Å². The number of hydrogen-bond acceptors (Lipinski definition) is 5. The van der Waals surface area contributed by atoms with Crippen LogP contribution in [0.15, 0.2) is 42.5 Å². The lowest BCUT2D eigenvalue weighted by atomic mass is 10.2. The number of carbonyl (C=O) groups is 2. The lowest BCUT2D eigenvalue weighted by molar-refractivity contribution is 0.0600. The van der Waals surface area contributed by atoms with Gasteiger partial charge in [0.2, 0.25) is 0 Å². The third-order valence-electron chi connectivity index (χ3n) is 3.61. The number of carbonyl (C=O) groups excluding carboxylic acids is 2. The van der Waals surface area contributed by atoms with Crippen molar-refractivity contribution in [2.24, 2.45) is 0 Å². The van der Waals surface area contributed by atoms with Crippen LogP contribution in [0.4, 0.5) is 5.69 Å². The Hall–Kier alpha value is -2.57. The Morgan fingerprint density at radius 3 is 2.44 bits per heavy atom. The molecule has 25 heavy (non-hydrogen) atoms. The molecular formula is C18H14ClNO4S. The van der Waals surface area contributed by atoms with Gasteiger partial charge in [-0.3, -0.25) is 4.79 Å². The summed E-state index contributed by atoms with van der Waals surface area (Å²) < 4.78 is 10.7. The van der Waals surface area contributed by atoms with Crippen LogP contribution in [0.3, 0.4) is 0 Å². The largest absolute Gasteiger partial charge is 0.497 e. The number of amides is 1. The van der Waals surface area contributed by atoms with Gasteiger partial charge in [0.1, 0.15) is 10.6 Å². The molecule has 0 bridgehead atoms. The van der Waals surface area contributed by atoms with Crippen molar-refractivity contribution in [1.29, 1.82) is 0 Å². The van der Waals surface area contributed by atoms with Gasteiger partial charge in [0.05, 0.1) is 24.8 Å². The number of fused-ring (bicyclic) bond motifs is 1. The van der Waals surface area contributed by atoms with Gasteiger partial charge in [-0.05, 0) is 42.5 Å². The average molecular weight is 376 g/mol. The summed E-state index contributed by atoms with van der Waals surface area (Å²) in [6.45, 7) is 0. The number of rotatable bonds is 4. The second kappa shape index (κ2) is 7.13. The Balaban J connectivity index is 1.84. The number of esters is 1. The molecule has 0 aliphatic carbocycles. The minimum atomic E-state index is -0.431. The van der Waals surface area contributed by atoms with E-state index in [4.69, 9.17) is 16.3 Å². The normalized spacial score (nSPS) is 10.5. The van der Waals surface area contributed by atoms with E-state index in [9.17, 15) is 9.59 Å². The van der Waals surface area contributed by atoms with Crippen molar-refractivity contribution in [3.63, 3.8) is 0 Å². The van der Waals surface area contributed by atoms with Gasteiger partial charge in [-0.15, -0.1) is 11.3 Å². The first-order valence-corrected chi connectivity index (χ1v) is 8.48. The van der Waals surface area contributed by atoms with Crippen molar-refractivity contribution in [2.45, 2.75) is 0 Å². The van der Waals surface area contributed by atoms with Crippen LogP contribution >= 0.6 is 22.9 Å². The SMILES string of the molecule is COC(=O)c1ccc(NC(=O)c2sc3cc(OC)ccc3c2Cl)cc1. The molecule has 3 aromatic rings. The molecular weight excluding hydrogens is 362 g/mol. The summed E-state index contributed by atoms with van der Waals surface area (Å²) in [6, 6.07) is 11.9. The highest BCUT2D eigenvalue weighted by molar-refractivity contribution is 7.21. The van der Waals surface area contributed by atoms with Gasteiger partial charge < -0.3 is 14.8 Å². The molecule has 0 aliphatic heterocycles. The van der Waals surface area contributed by atoms with Crippen LogP contribution in [0.2, 0.25) is 5.02 Å². The molecule has 0 unspecified atom stereocenters. The topological polar surface area (TPSA) is 64.6 Å². The van der Waals surface area contributed by atoms with Gasteiger partial charge in [0.15, 0.2) is 0 Å². The van der Waals surface area contributed by atoms with Crippen LogP contribution in [0.5, 0.6) is 5.75 Å². The molecule has 1 aromatic heterocycles. The molecule has 0 atom stereocenters. The zero-order chi connectivity index (χ0) is 18.0. The van der Waals surface area contributed by atoms with Gasteiger partial charge in [-0.25, -0.2) is 4.79 Å². The quantitative estimate of drug-likeness (QED) is 0.677. The fraction of sp³-hybridized carbons (Fsp3) is 0.111. The summed E-state index contributed by atoms with van der Waals surface area (Å²) in [7, 11) is 2.90. The molecule has 0 radical (unpaired) electrons. The molecule has 7 heteroatoms. The first-order valence-electron chi connectivity index (χ1n) is 7.29. The zero-order valence-electron chi connectivity index (χ0n) is 13.5. The molecule has 2 aromatic carbocycles. The molecule has 1 N–H and O–H groups in total. The maximum absolute atomic E-state index is 12.5. The van der Waals surface area contributed by atoms with E-state index in [1.165, 1.54) is 18.4 Å². The standard InChI is InChI=1S/C18H14ClNO4S/c1-23-12-7-8-13-14(9-12)25-16(15(13)19)17(21)20-11-5-3-10(4-6-11)18(22)24-2/h3-9H,1-2H3,(H,20,21). The van der Waals surface area contributed by atoms with Crippen molar-refractivity contribution >= 4 is 50.6 Å². The van der Waals surface area contributed by atoms with Gasteiger partial charge in [-0.1, -0.05) is 11.6 Å². The predicted octanol–water partition coefficient (Wildman–Crippen LogP) is 4.60. The number of methoxy groups -OCH3 is 2. The minimum Gasteiger partial charge on any atom is -0.497 e. The summed E-state index contributed by atoms with van der Waals surface area (Å²) in [5.74, 6) is -0.0360. The minimum absolute atomic E-state index is 0.309. The molecule has 0 saturated carbocycles. The van der Waals surface area contributed by atoms with E-state index in [1.54, 1.807) is 37.4 Å². The fourth-order valence-corrected chi connectivity index (χ4v) is 3.75. The molecule has 1 amide bonds. The second-order valence-electron chi connectivity index (χ2n) is 5.13. The van der Waals surface area contributed by atoms with Crippen molar-refractivity contribution in [3.05, 3.63) is 57.9 Å². The molecule has 3 rings (SSSR count). The number of anilines is 1. The van der Waals surface area contributed by atoms with Crippen LogP contribution in [0.25, 0.3) is 10.1 Å². The van der Waals surface area contributed by atoms with E-state index in [-0.39, 0.29) is 5.91 Å². The van der Waals surface area contributed by atoms with E-state index in [2.05, 4.69) is 10.1 Å². The van der Waals surface area contributed by atoms with Crippen molar-refractivity contribution in [3.8, 4) is 5.75 Å². The fourth-order valence-electron chi connectivity index (χ4n) is 2.31. The summed E-state index contributed by atoms with van der Waals surface area (Å²) in [6.07, 6.45) is 0. The number of benzene rings is 2. The van der Waals surface area contributed by atoms with Gasteiger partial charge in [-0.2, -0.15) is 0 Å². The Bertz CT molecular complexity index is 950. The Morgan fingerprint density at radius 2 is 1.80 bits per heavy atom. The van der Waals surface area contributed by atoms with Crippen LogP contribution < -0.4 is 10.1 Å². The van der Waals surface area contributed by atoms with E-state index < -0.39 is 5.97 Å².